The van der Waals surface area contributed by atoms with Crippen molar-refractivity contribution in [1.82, 2.24) is 15.0 Å². The van der Waals surface area contributed by atoms with E-state index < -0.39 is 0 Å². The van der Waals surface area contributed by atoms with Crippen LogP contribution in [0.4, 0.5) is 0 Å². The molecule has 1 aliphatic rings. The highest BCUT2D eigenvalue weighted by Gasteiger charge is 2.25. The molecular weight excluding hydrogens is 282 g/mol. The summed E-state index contributed by atoms with van der Waals surface area (Å²) in [6, 6.07) is 1.88. The Balaban J connectivity index is 2.18. The number of ether oxygens (including phenoxy) is 2. The molecule has 22 heavy (non-hydrogen) atoms. The van der Waals surface area contributed by atoms with E-state index >= 15 is 0 Å². The van der Waals surface area contributed by atoms with Crippen molar-refractivity contribution in [2.75, 3.05) is 46.6 Å². The summed E-state index contributed by atoms with van der Waals surface area (Å²) in [6.07, 6.45) is 4.71. The highest BCUT2D eigenvalue weighted by atomic mass is 16.5. The molecule has 1 radical (unpaired) electrons. The van der Waals surface area contributed by atoms with Crippen molar-refractivity contribution in [1.29, 1.82) is 0 Å². The van der Waals surface area contributed by atoms with E-state index in [0.29, 0.717) is 44.8 Å². The lowest BCUT2D eigenvalue weighted by molar-refractivity contribution is -0.0692. The first-order valence-electron chi connectivity index (χ1n) is 7.63. The largest absolute Gasteiger partial charge is 0.384 e. The fourth-order valence-corrected chi connectivity index (χ4v) is 2.50. The van der Waals surface area contributed by atoms with Gasteiger partial charge in [0.1, 0.15) is 0 Å². The number of carbonyl (C=O) groups excluding carboxylic acids is 1. The monoisotopic (exact) mass is 306 g/mol. The standard InChI is InChI=1S/C16H24N3O3/c1-3-7-19(18-8-11-22-12-9-18)16(20)15-13-17-6-4-14(15)5-10-21-2/h4,6,13H,1,3,5,7-12H2,2H3. The zero-order valence-corrected chi connectivity index (χ0v) is 13.2. The molecule has 1 aromatic heterocycles. The number of rotatable bonds is 7. The predicted molar refractivity (Wildman–Crippen MR) is 83.2 cm³/mol. The fourth-order valence-electron chi connectivity index (χ4n) is 2.50. The minimum atomic E-state index is -0.0234. The topological polar surface area (TPSA) is 54.9 Å². The normalized spacial score (nSPS) is 15.7. The molecule has 1 fully saturated rings. The molecule has 0 spiro atoms. The maximum Gasteiger partial charge on any atom is 0.270 e. The first-order valence-corrected chi connectivity index (χ1v) is 7.63. The maximum atomic E-state index is 13.0. The van der Waals surface area contributed by atoms with E-state index in [1.165, 1.54) is 0 Å². The lowest BCUT2D eigenvalue weighted by Crippen LogP contribution is -2.52. The molecule has 0 aliphatic carbocycles. The average molecular weight is 306 g/mol. The van der Waals surface area contributed by atoms with Crippen molar-refractivity contribution >= 4 is 5.91 Å². The molecule has 0 saturated carbocycles. The van der Waals surface area contributed by atoms with Crippen LogP contribution in [0.1, 0.15) is 22.3 Å². The van der Waals surface area contributed by atoms with Crippen molar-refractivity contribution in [3.8, 4) is 0 Å². The van der Waals surface area contributed by atoms with Crippen LogP contribution >= 0.6 is 0 Å². The highest BCUT2D eigenvalue weighted by Crippen LogP contribution is 2.15. The van der Waals surface area contributed by atoms with Gasteiger partial charge in [-0.2, -0.15) is 0 Å². The molecular formula is C16H24N3O3. The number of hydrogen-bond donors (Lipinski definition) is 0. The van der Waals surface area contributed by atoms with Gasteiger partial charge in [0, 0.05) is 39.1 Å². The number of aromatic nitrogens is 1. The molecule has 6 nitrogen and oxygen atoms in total. The van der Waals surface area contributed by atoms with Gasteiger partial charge >= 0.3 is 0 Å². The van der Waals surface area contributed by atoms with Crippen molar-refractivity contribution in [2.45, 2.75) is 12.8 Å². The third kappa shape index (κ3) is 4.25. The van der Waals surface area contributed by atoms with Crippen LogP contribution in [-0.4, -0.2) is 67.5 Å². The SMILES string of the molecule is [CH2]CCN(C(=O)c1cnccc1CCOC)N1CCOCC1. The summed E-state index contributed by atoms with van der Waals surface area (Å²) < 4.78 is 10.5. The first kappa shape index (κ1) is 16.9. The van der Waals surface area contributed by atoms with Gasteiger partial charge in [-0.15, -0.1) is 0 Å². The van der Waals surface area contributed by atoms with E-state index in [1.807, 2.05) is 11.1 Å². The number of pyridine rings is 1. The Hall–Kier alpha value is -1.50. The van der Waals surface area contributed by atoms with Crippen LogP contribution in [0.5, 0.6) is 0 Å². The first-order chi connectivity index (χ1) is 10.8. The quantitative estimate of drug-likeness (QED) is 0.757. The predicted octanol–water partition coefficient (Wildman–Crippen LogP) is 1.18. The molecule has 0 unspecified atom stereocenters. The minimum absolute atomic E-state index is 0.0234. The second-order valence-corrected chi connectivity index (χ2v) is 5.12. The third-order valence-corrected chi connectivity index (χ3v) is 3.65. The van der Waals surface area contributed by atoms with Crippen LogP contribution in [0.25, 0.3) is 0 Å². The van der Waals surface area contributed by atoms with Crippen molar-refractivity contribution < 1.29 is 14.3 Å². The number of morpholine rings is 1. The van der Waals surface area contributed by atoms with Crippen LogP contribution in [0.2, 0.25) is 0 Å². The van der Waals surface area contributed by atoms with E-state index in [2.05, 4.69) is 11.9 Å². The summed E-state index contributed by atoms with van der Waals surface area (Å²) in [7, 11) is 1.66. The lowest BCUT2D eigenvalue weighted by Gasteiger charge is -2.37. The van der Waals surface area contributed by atoms with Gasteiger partial charge in [0.15, 0.2) is 0 Å². The third-order valence-electron chi connectivity index (χ3n) is 3.65. The van der Waals surface area contributed by atoms with Crippen molar-refractivity contribution in [3.05, 3.63) is 36.5 Å². The summed E-state index contributed by atoms with van der Waals surface area (Å²) in [6.45, 7) is 7.79. The van der Waals surface area contributed by atoms with E-state index in [-0.39, 0.29) is 5.91 Å². The molecule has 1 saturated heterocycles. The Labute approximate surface area is 132 Å². The fraction of sp³-hybridized carbons (Fsp3) is 0.562. The van der Waals surface area contributed by atoms with Gasteiger partial charge in [-0.3, -0.25) is 14.8 Å². The van der Waals surface area contributed by atoms with Gasteiger partial charge in [0.25, 0.3) is 5.91 Å². The van der Waals surface area contributed by atoms with E-state index in [4.69, 9.17) is 9.47 Å². The number of amides is 1. The molecule has 0 aromatic carbocycles. The van der Waals surface area contributed by atoms with Gasteiger partial charge in [-0.25, -0.2) is 5.01 Å². The Morgan fingerprint density at radius 1 is 1.50 bits per heavy atom. The Kier molecular flexibility index (Phi) is 6.76. The Morgan fingerprint density at radius 2 is 2.27 bits per heavy atom. The highest BCUT2D eigenvalue weighted by molar-refractivity contribution is 5.95. The second kappa shape index (κ2) is 8.82. The minimum Gasteiger partial charge on any atom is -0.384 e. The van der Waals surface area contributed by atoms with Crippen molar-refractivity contribution in [3.63, 3.8) is 0 Å². The number of hydrazine groups is 1. The molecule has 121 valence electrons. The molecule has 0 atom stereocenters. The summed E-state index contributed by atoms with van der Waals surface area (Å²) in [5.74, 6) is -0.0234. The number of methoxy groups -OCH3 is 1. The Morgan fingerprint density at radius 3 is 2.95 bits per heavy atom. The van der Waals surface area contributed by atoms with Crippen LogP contribution in [0.15, 0.2) is 18.5 Å². The second-order valence-electron chi connectivity index (χ2n) is 5.12. The number of hydrogen-bond acceptors (Lipinski definition) is 5. The molecule has 6 heteroatoms. The molecule has 0 N–H and O–H groups in total. The molecule has 0 bridgehead atoms. The van der Waals surface area contributed by atoms with Gasteiger partial charge < -0.3 is 9.47 Å². The van der Waals surface area contributed by atoms with Crippen LogP contribution < -0.4 is 0 Å². The van der Waals surface area contributed by atoms with Gasteiger partial charge in [-0.1, -0.05) is 6.92 Å². The molecule has 2 rings (SSSR count). The van der Waals surface area contributed by atoms with E-state index in [1.54, 1.807) is 24.5 Å². The lowest BCUT2D eigenvalue weighted by atomic mass is 10.1. The van der Waals surface area contributed by atoms with Crippen LogP contribution in [0, 0.1) is 6.92 Å². The number of carbonyl (C=O) groups is 1. The molecule has 1 aliphatic heterocycles. The van der Waals surface area contributed by atoms with Gasteiger partial charge in [0.2, 0.25) is 0 Å². The zero-order chi connectivity index (χ0) is 15.8. The zero-order valence-electron chi connectivity index (χ0n) is 13.2. The van der Waals surface area contributed by atoms with Crippen molar-refractivity contribution in [2.24, 2.45) is 0 Å². The molecule has 1 aromatic rings. The molecule has 1 amide bonds. The Bertz CT molecular complexity index is 475. The van der Waals surface area contributed by atoms with Crippen LogP contribution in [-0.2, 0) is 15.9 Å². The van der Waals surface area contributed by atoms with Gasteiger partial charge in [-0.05, 0) is 24.5 Å². The smallest absolute Gasteiger partial charge is 0.270 e. The summed E-state index contributed by atoms with van der Waals surface area (Å²) in [4.78, 5) is 17.1. The number of nitrogens with zero attached hydrogens (tertiary/aromatic N) is 3. The van der Waals surface area contributed by atoms with E-state index in [9.17, 15) is 4.79 Å². The summed E-state index contributed by atoms with van der Waals surface area (Å²) in [5, 5.41) is 3.83. The van der Waals surface area contributed by atoms with Gasteiger partial charge in [0.05, 0.1) is 25.4 Å². The van der Waals surface area contributed by atoms with E-state index in [0.717, 1.165) is 18.7 Å². The average Bonchev–Trinajstić information content (AvgIpc) is 2.58. The van der Waals surface area contributed by atoms with Crippen LogP contribution in [0.3, 0.4) is 0 Å². The maximum absolute atomic E-state index is 13.0. The summed E-state index contributed by atoms with van der Waals surface area (Å²) in [5.41, 5.74) is 1.60. The summed E-state index contributed by atoms with van der Waals surface area (Å²) >= 11 is 0. The molecule has 2 heterocycles.